The summed E-state index contributed by atoms with van der Waals surface area (Å²) < 4.78 is 26.1. The minimum atomic E-state index is -1.09. The summed E-state index contributed by atoms with van der Waals surface area (Å²) in [5.74, 6) is -2.88. The van der Waals surface area contributed by atoms with E-state index in [2.05, 4.69) is 10.6 Å². The molecule has 0 aliphatic heterocycles. The fraction of sp³-hybridized carbons (Fsp3) is 0.176. The molecule has 1 aliphatic carbocycles. The van der Waals surface area contributed by atoms with Crippen LogP contribution in [0.3, 0.4) is 0 Å². The fourth-order valence-electron chi connectivity index (χ4n) is 2.08. The Kier molecular flexibility index (Phi) is 4.06. The number of hydrogen-bond acceptors (Lipinski definition) is 2. The molecule has 0 spiro atoms. The van der Waals surface area contributed by atoms with Gasteiger partial charge in [0.05, 0.1) is 0 Å². The van der Waals surface area contributed by atoms with Gasteiger partial charge in [-0.05, 0) is 49.2 Å². The molecule has 2 aromatic rings. The van der Waals surface area contributed by atoms with Crippen LogP contribution in [0.5, 0.6) is 0 Å². The van der Waals surface area contributed by atoms with Crippen LogP contribution >= 0.6 is 0 Å². The standard InChI is InChI=1S/C17H14F2N2O2/c18-14-7-4-11(9-15(14)19)17(23)21-13-3-1-2-10(8-13)16(22)20-12-5-6-12/h1-4,7-9,12H,5-6H2,(H,20,22)(H,21,23). The first kappa shape index (κ1) is 15.1. The Morgan fingerprint density at radius 1 is 0.913 bits per heavy atom. The van der Waals surface area contributed by atoms with E-state index in [4.69, 9.17) is 0 Å². The highest BCUT2D eigenvalue weighted by atomic mass is 19.2. The number of benzene rings is 2. The molecule has 0 atom stereocenters. The normalized spacial score (nSPS) is 13.5. The SMILES string of the molecule is O=C(Nc1cccc(C(=O)NC2CC2)c1)c1ccc(F)c(F)c1. The molecule has 0 heterocycles. The van der Waals surface area contributed by atoms with E-state index in [1.165, 1.54) is 12.1 Å². The summed E-state index contributed by atoms with van der Waals surface area (Å²) >= 11 is 0. The van der Waals surface area contributed by atoms with Gasteiger partial charge in [0.1, 0.15) is 0 Å². The molecule has 6 heteroatoms. The molecule has 2 amide bonds. The average molecular weight is 316 g/mol. The first-order valence-electron chi connectivity index (χ1n) is 7.20. The Labute approximate surface area is 131 Å². The Hall–Kier alpha value is -2.76. The number of hydrogen-bond donors (Lipinski definition) is 2. The molecule has 0 aromatic heterocycles. The second-order valence-electron chi connectivity index (χ2n) is 5.41. The highest BCUT2D eigenvalue weighted by Crippen LogP contribution is 2.20. The van der Waals surface area contributed by atoms with Gasteiger partial charge >= 0.3 is 0 Å². The lowest BCUT2D eigenvalue weighted by molar-refractivity contribution is 0.0949. The quantitative estimate of drug-likeness (QED) is 0.910. The number of rotatable bonds is 4. The van der Waals surface area contributed by atoms with Gasteiger partial charge in [0, 0.05) is 22.9 Å². The van der Waals surface area contributed by atoms with Crippen molar-refractivity contribution in [1.82, 2.24) is 5.32 Å². The second-order valence-corrected chi connectivity index (χ2v) is 5.41. The van der Waals surface area contributed by atoms with Crippen molar-refractivity contribution in [2.75, 3.05) is 5.32 Å². The zero-order chi connectivity index (χ0) is 16.4. The summed E-state index contributed by atoms with van der Waals surface area (Å²) in [5, 5.41) is 5.41. The number of anilines is 1. The van der Waals surface area contributed by atoms with Crippen LogP contribution in [0.1, 0.15) is 33.6 Å². The smallest absolute Gasteiger partial charge is 0.255 e. The summed E-state index contributed by atoms with van der Waals surface area (Å²) in [4.78, 5) is 24.0. The van der Waals surface area contributed by atoms with Crippen LogP contribution in [-0.2, 0) is 0 Å². The summed E-state index contributed by atoms with van der Waals surface area (Å²) in [7, 11) is 0. The molecule has 2 aromatic carbocycles. The van der Waals surface area contributed by atoms with E-state index in [0.717, 1.165) is 25.0 Å². The number of halogens is 2. The summed E-state index contributed by atoms with van der Waals surface area (Å²) in [6.07, 6.45) is 1.97. The third kappa shape index (κ3) is 3.71. The molecule has 0 bridgehead atoms. The van der Waals surface area contributed by atoms with Crippen LogP contribution in [0, 0.1) is 11.6 Å². The van der Waals surface area contributed by atoms with Crippen LogP contribution in [0.15, 0.2) is 42.5 Å². The third-order valence-corrected chi connectivity index (χ3v) is 3.48. The Morgan fingerprint density at radius 2 is 1.65 bits per heavy atom. The number of carbonyl (C=O) groups excluding carboxylic acids is 2. The third-order valence-electron chi connectivity index (χ3n) is 3.48. The molecule has 1 fully saturated rings. The molecule has 0 radical (unpaired) electrons. The zero-order valence-corrected chi connectivity index (χ0v) is 12.1. The first-order valence-corrected chi connectivity index (χ1v) is 7.20. The van der Waals surface area contributed by atoms with Gasteiger partial charge in [-0.2, -0.15) is 0 Å². The van der Waals surface area contributed by atoms with E-state index < -0.39 is 17.5 Å². The van der Waals surface area contributed by atoms with Crippen LogP contribution in [0.25, 0.3) is 0 Å². The number of carbonyl (C=O) groups is 2. The zero-order valence-electron chi connectivity index (χ0n) is 12.1. The Morgan fingerprint density at radius 3 is 2.35 bits per heavy atom. The molecule has 1 saturated carbocycles. The largest absolute Gasteiger partial charge is 0.349 e. The molecule has 4 nitrogen and oxygen atoms in total. The van der Waals surface area contributed by atoms with Crippen molar-refractivity contribution < 1.29 is 18.4 Å². The van der Waals surface area contributed by atoms with E-state index in [-0.39, 0.29) is 17.5 Å². The van der Waals surface area contributed by atoms with E-state index in [1.54, 1.807) is 18.2 Å². The molecule has 0 saturated heterocycles. The van der Waals surface area contributed by atoms with Crippen molar-refractivity contribution in [3.63, 3.8) is 0 Å². The number of amides is 2. The van der Waals surface area contributed by atoms with Crippen LogP contribution in [-0.4, -0.2) is 17.9 Å². The maximum absolute atomic E-state index is 13.2. The van der Waals surface area contributed by atoms with Gasteiger partial charge in [-0.25, -0.2) is 8.78 Å². The minimum Gasteiger partial charge on any atom is -0.349 e. The van der Waals surface area contributed by atoms with Gasteiger partial charge in [0.25, 0.3) is 11.8 Å². The van der Waals surface area contributed by atoms with Gasteiger partial charge in [0.2, 0.25) is 0 Å². The summed E-state index contributed by atoms with van der Waals surface area (Å²) in [6.45, 7) is 0. The van der Waals surface area contributed by atoms with Crippen molar-refractivity contribution in [3.05, 3.63) is 65.2 Å². The predicted molar refractivity (Wildman–Crippen MR) is 81.2 cm³/mol. The monoisotopic (exact) mass is 316 g/mol. The lowest BCUT2D eigenvalue weighted by Gasteiger charge is -2.08. The van der Waals surface area contributed by atoms with Crippen LogP contribution in [0.2, 0.25) is 0 Å². The minimum absolute atomic E-state index is 0.00302. The molecule has 2 N–H and O–H groups in total. The van der Waals surface area contributed by atoms with E-state index >= 15 is 0 Å². The van der Waals surface area contributed by atoms with Gasteiger partial charge < -0.3 is 10.6 Å². The molecule has 3 rings (SSSR count). The molecule has 118 valence electrons. The number of nitrogens with one attached hydrogen (secondary N) is 2. The molecular weight excluding hydrogens is 302 g/mol. The fourth-order valence-corrected chi connectivity index (χ4v) is 2.08. The first-order chi connectivity index (χ1) is 11.0. The maximum Gasteiger partial charge on any atom is 0.255 e. The predicted octanol–water partition coefficient (Wildman–Crippen LogP) is 3.11. The van der Waals surface area contributed by atoms with Crippen molar-refractivity contribution in [1.29, 1.82) is 0 Å². The van der Waals surface area contributed by atoms with E-state index in [9.17, 15) is 18.4 Å². The van der Waals surface area contributed by atoms with E-state index in [1.807, 2.05) is 0 Å². The van der Waals surface area contributed by atoms with Gasteiger partial charge in [0.15, 0.2) is 11.6 Å². The Balaban J connectivity index is 1.72. The molecular formula is C17H14F2N2O2. The average Bonchev–Trinajstić information content (AvgIpc) is 3.34. The van der Waals surface area contributed by atoms with Crippen molar-refractivity contribution in [3.8, 4) is 0 Å². The molecule has 23 heavy (non-hydrogen) atoms. The van der Waals surface area contributed by atoms with Crippen molar-refractivity contribution in [2.24, 2.45) is 0 Å². The van der Waals surface area contributed by atoms with Crippen LogP contribution < -0.4 is 10.6 Å². The lowest BCUT2D eigenvalue weighted by atomic mass is 10.1. The topological polar surface area (TPSA) is 58.2 Å². The summed E-state index contributed by atoms with van der Waals surface area (Å²) in [5.41, 5.74) is 0.833. The highest BCUT2D eigenvalue weighted by Gasteiger charge is 2.23. The van der Waals surface area contributed by atoms with Crippen molar-refractivity contribution in [2.45, 2.75) is 18.9 Å². The highest BCUT2D eigenvalue weighted by molar-refractivity contribution is 6.05. The Bertz CT molecular complexity index is 773. The maximum atomic E-state index is 13.2. The van der Waals surface area contributed by atoms with Crippen molar-refractivity contribution >= 4 is 17.5 Å². The molecule has 1 aliphatic rings. The second kappa shape index (κ2) is 6.16. The lowest BCUT2D eigenvalue weighted by Crippen LogP contribution is -2.25. The van der Waals surface area contributed by atoms with E-state index in [0.29, 0.717) is 11.3 Å². The molecule has 0 unspecified atom stereocenters. The summed E-state index contributed by atoms with van der Waals surface area (Å²) in [6, 6.07) is 9.59. The van der Waals surface area contributed by atoms with Gasteiger partial charge in [-0.1, -0.05) is 6.07 Å². The van der Waals surface area contributed by atoms with Crippen LogP contribution in [0.4, 0.5) is 14.5 Å². The van der Waals surface area contributed by atoms with Gasteiger partial charge in [-0.3, -0.25) is 9.59 Å². The van der Waals surface area contributed by atoms with Gasteiger partial charge in [-0.15, -0.1) is 0 Å².